The molecule has 2 aliphatic rings. The van der Waals surface area contributed by atoms with Crippen molar-refractivity contribution in [2.75, 3.05) is 24.5 Å². The van der Waals surface area contributed by atoms with E-state index in [4.69, 9.17) is 0 Å². The van der Waals surface area contributed by atoms with Crippen molar-refractivity contribution in [1.82, 2.24) is 14.9 Å². The average Bonchev–Trinajstić information content (AvgIpc) is 3.13. The number of thiazole rings is 1. The zero-order chi connectivity index (χ0) is 16.6. The number of carbonyl (C=O) groups is 1. The van der Waals surface area contributed by atoms with Crippen LogP contribution in [0.4, 0.5) is 5.69 Å². The quantitative estimate of drug-likeness (QED) is 0.861. The van der Waals surface area contributed by atoms with Crippen molar-refractivity contribution in [3.63, 3.8) is 0 Å². The SMILES string of the molecule is Cc1nc(CN2CCC[C@@]3(CCN(c4cccnc4)C3=O)C2)cs1. The Kier molecular flexibility index (Phi) is 4.10. The van der Waals surface area contributed by atoms with Crippen molar-refractivity contribution < 1.29 is 4.79 Å². The first-order valence-electron chi connectivity index (χ1n) is 8.52. The van der Waals surface area contributed by atoms with Gasteiger partial charge in [-0.2, -0.15) is 0 Å². The fraction of sp³-hybridized carbons (Fsp3) is 0.500. The van der Waals surface area contributed by atoms with Crippen LogP contribution in [0.3, 0.4) is 0 Å². The molecule has 24 heavy (non-hydrogen) atoms. The number of nitrogens with zero attached hydrogens (tertiary/aromatic N) is 4. The van der Waals surface area contributed by atoms with Gasteiger partial charge in [-0.15, -0.1) is 11.3 Å². The van der Waals surface area contributed by atoms with Crippen molar-refractivity contribution >= 4 is 22.9 Å². The van der Waals surface area contributed by atoms with Gasteiger partial charge in [-0.25, -0.2) is 4.98 Å². The van der Waals surface area contributed by atoms with Gasteiger partial charge in [-0.1, -0.05) is 0 Å². The molecule has 2 aliphatic heterocycles. The molecule has 4 rings (SSSR count). The lowest BCUT2D eigenvalue weighted by molar-refractivity contribution is -0.128. The van der Waals surface area contributed by atoms with E-state index < -0.39 is 0 Å². The van der Waals surface area contributed by atoms with Gasteiger partial charge in [0.25, 0.3) is 0 Å². The second kappa shape index (κ2) is 6.26. The summed E-state index contributed by atoms with van der Waals surface area (Å²) < 4.78 is 0. The van der Waals surface area contributed by atoms with E-state index in [1.54, 1.807) is 23.7 Å². The summed E-state index contributed by atoms with van der Waals surface area (Å²) >= 11 is 1.70. The summed E-state index contributed by atoms with van der Waals surface area (Å²) in [5.74, 6) is 0.273. The van der Waals surface area contributed by atoms with Crippen LogP contribution < -0.4 is 4.90 Å². The third kappa shape index (κ3) is 2.84. The van der Waals surface area contributed by atoms with E-state index in [0.29, 0.717) is 0 Å². The summed E-state index contributed by atoms with van der Waals surface area (Å²) in [6.07, 6.45) is 6.55. The molecule has 0 radical (unpaired) electrons. The van der Waals surface area contributed by atoms with E-state index in [1.807, 2.05) is 24.0 Å². The third-order valence-corrected chi connectivity index (χ3v) is 6.00. The smallest absolute Gasteiger partial charge is 0.234 e. The summed E-state index contributed by atoms with van der Waals surface area (Å²) in [5, 5.41) is 3.24. The molecule has 1 spiro atoms. The monoisotopic (exact) mass is 342 g/mol. The fourth-order valence-electron chi connectivity index (χ4n) is 4.03. The second-order valence-corrected chi connectivity index (χ2v) is 7.93. The molecule has 6 heteroatoms. The van der Waals surface area contributed by atoms with E-state index >= 15 is 0 Å². The number of anilines is 1. The molecule has 2 saturated heterocycles. The van der Waals surface area contributed by atoms with Crippen LogP contribution in [0.2, 0.25) is 0 Å². The van der Waals surface area contributed by atoms with Gasteiger partial charge in [-0.05, 0) is 44.9 Å². The number of aromatic nitrogens is 2. The number of rotatable bonds is 3. The first-order valence-corrected chi connectivity index (χ1v) is 9.40. The van der Waals surface area contributed by atoms with Gasteiger partial charge in [-0.3, -0.25) is 14.7 Å². The van der Waals surface area contributed by atoms with Gasteiger partial charge < -0.3 is 4.90 Å². The zero-order valence-corrected chi connectivity index (χ0v) is 14.8. The number of amides is 1. The van der Waals surface area contributed by atoms with E-state index in [0.717, 1.165) is 61.8 Å². The van der Waals surface area contributed by atoms with Gasteiger partial charge >= 0.3 is 0 Å². The minimum Gasteiger partial charge on any atom is -0.310 e. The van der Waals surface area contributed by atoms with Crippen molar-refractivity contribution in [2.45, 2.75) is 32.7 Å². The van der Waals surface area contributed by atoms with Crippen molar-refractivity contribution in [2.24, 2.45) is 5.41 Å². The second-order valence-electron chi connectivity index (χ2n) is 6.87. The molecule has 2 aromatic rings. The standard InChI is InChI=1S/C18H22N4OS/c1-14-20-15(12-24-14)11-21-8-3-5-18(13-21)6-9-22(17(18)23)16-4-2-7-19-10-16/h2,4,7,10,12H,3,5-6,8-9,11,13H2,1H3/t18-/m1/s1. The maximum Gasteiger partial charge on any atom is 0.234 e. The lowest BCUT2D eigenvalue weighted by Crippen LogP contribution is -2.47. The molecule has 2 fully saturated rings. The highest BCUT2D eigenvalue weighted by atomic mass is 32.1. The molecule has 0 saturated carbocycles. The van der Waals surface area contributed by atoms with Crippen LogP contribution in [-0.4, -0.2) is 40.4 Å². The van der Waals surface area contributed by atoms with Crippen LogP contribution >= 0.6 is 11.3 Å². The Balaban J connectivity index is 1.49. The van der Waals surface area contributed by atoms with Crippen LogP contribution in [0.1, 0.15) is 30.0 Å². The molecule has 1 amide bonds. The summed E-state index contributed by atoms with van der Waals surface area (Å²) in [4.78, 5) is 26.2. The zero-order valence-electron chi connectivity index (χ0n) is 13.9. The molecule has 0 aromatic carbocycles. The first-order chi connectivity index (χ1) is 11.7. The number of hydrogen-bond donors (Lipinski definition) is 0. The molecule has 0 unspecified atom stereocenters. The Labute approximate surface area is 146 Å². The summed E-state index contributed by atoms with van der Waals surface area (Å²) in [7, 11) is 0. The fourth-order valence-corrected chi connectivity index (χ4v) is 4.63. The Morgan fingerprint density at radius 2 is 2.25 bits per heavy atom. The molecular formula is C18H22N4OS. The Morgan fingerprint density at radius 3 is 3.00 bits per heavy atom. The minimum atomic E-state index is -0.223. The molecule has 2 aromatic heterocycles. The van der Waals surface area contributed by atoms with Gasteiger partial charge in [0.05, 0.1) is 28.0 Å². The lowest BCUT2D eigenvalue weighted by Gasteiger charge is -2.38. The largest absolute Gasteiger partial charge is 0.310 e. The van der Waals surface area contributed by atoms with Gasteiger partial charge in [0, 0.05) is 31.2 Å². The molecule has 0 aliphatic carbocycles. The van der Waals surface area contributed by atoms with E-state index in [1.165, 1.54) is 0 Å². The molecule has 0 N–H and O–H groups in total. The molecule has 1 atom stereocenters. The number of piperidine rings is 1. The Hall–Kier alpha value is -1.79. The molecule has 5 nitrogen and oxygen atoms in total. The maximum absolute atomic E-state index is 13.1. The van der Waals surface area contributed by atoms with Crippen LogP contribution in [0.25, 0.3) is 0 Å². The minimum absolute atomic E-state index is 0.223. The summed E-state index contributed by atoms with van der Waals surface area (Å²) in [6, 6.07) is 3.87. The Morgan fingerprint density at radius 1 is 1.33 bits per heavy atom. The van der Waals surface area contributed by atoms with Gasteiger partial charge in [0.15, 0.2) is 0 Å². The summed E-state index contributed by atoms with van der Waals surface area (Å²) in [6.45, 7) is 5.59. The number of pyridine rings is 1. The number of likely N-dealkylation sites (tertiary alicyclic amines) is 1. The Bertz CT molecular complexity index is 732. The van der Waals surface area contributed by atoms with Crippen LogP contribution in [0.5, 0.6) is 0 Å². The van der Waals surface area contributed by atoms with Gasteiger partial charge in [0.1, 0.15) is 0 Å². The van der Waals surface area contributed by atoms with E-state index in [-0.39, 0.29) is 11.3 Å². The van der Waals surface area contributed by atoms with Crippen LogP contribution in [-0.2, 0) is 11.3 Å². The van der Waals surface area contributed by atoms with Crippen molar-refractivity contribution in [3.8, 4) is 0 Å². The average molecular weight is 342 g/mol. The highest BCUT2D eigenvalue weighted by molar-refractivity contribution is 7.09. The maximum atomic E-state index is 13.1. The topological polar surface area (TPSA) is 49.3 Å². The number of carbonyl (C=O) groups excluding carboxylic acids is 1. The van der Waals surface area contributed by atoms with Crippen LogP contribution in [0, 0.1) is 12.3 Å². The van der Waals surface area contributed by atoms with Gasteiger partial charge in [0.2, 0.25) is 5.91 Å². The number of aryl methyl sites for hydroxylation is 1. The van der Waals surface area contributed by atoms with E-state index in [2.05, 4.69) is 20.2 Å². The van der Waals surface area contributed by atoms with Crippen LogP contribution in [0.15, 0.2) is 29.9 Å². The predicted octanol–water partition coefficient (Wildman–Crippen LogP) is 2.87. The molecule has 126 valence electrons. The van der Waals surface area contributed by atoms with Crippen molar-refractivity contribution in [3.05, 3.63) is 40.6 Å². The normalized spacial score (nSPS) is 24.9. The molecule has 4 heterocycles. The molecule has 0 bridgehead atoms. The first kappa shape index (κ1) is 15.7. The summed E-state index contributed by atoms with van der Waals surface area (Å²) in [5.41, 5.74) is 1.83. The highest BCUT2D eigenvalue weighted by Gasteiger charge is 2.49. The third-order valence-electron chi connectivity index (χ3n) is 5.18. The lowest BCUT2D eigenvalue weighted by atomic mass is 9.78. The number of hydrogen-bond acceptors (Lipinski definition) is 5. The highest BCUT2D eigenvalue weighted by Crippen LogP contribution is 2.42. The van der Waals surface area contributed by atoms with E-state index in [9.17, 15) is 4.79 Å². The molecular weight excluding hydrogens is 320 g/mol. The predicted molar refractivity (Wildman–Crippen MR) is 95.0 cm³/mol. The van der Waals surface area contributed by atoms with Crippen molar-refractivity contribution in [1.29, 1.82) is 0 Å².